The standard InChI is InChI=1S/C52H34O2S/c1-31-19-23-39-40-24-20-32(2)28-48(40)52(47(39)27-31)46-18-10-6-14-38(46)42-26-22-34(30-50(42)52)55(53,54)33-21-25-41-37-13-5-9-17-45(37)51(49(41)29-33)43-15-7-3-11-35(43)36-12-4-8-16-44(36)51/h3-30H,1-2H3. The lowest BCUT2D eigenvalue weighted by Crippen LogP contribution is -2.26. The van der Waals surface area contributed by atoms with E-state index in [0.717, 1.165) is 33.4 Å². The van der Waals surface area contributed by atoms with Crippen LogP contribution in [-0.4, -0.2) is 8.42 Å². The van der Waals surface area contributed by atoms with E-state index >= 15 is 8.42 Å². The summed E-state index contributed by atoms with van der Waals surface area (Å²) < 4.78 is 30.6. The molecule has 0 saturated heterocycles. The van der Waals surface area contributed by atoms with E-state index in [1.807, 2.05) is 36.4 Å². The second kappa shape index (κ2) is 10.5. The minimum atomic E-state index is -3.98. The van der Waals surface area contributed by atoms with Crippen LogP contribution in [0, 0.1) is 13.8 Å². The number of aryl methyl sites for hydroxylation is 2. The third-order valence-corrected chi connectivity index (χ3v) is 14.8. The maximum atomic E-state index is 15.3. The average Bonchev–Trinajstić information content (AvgIpc) is 3.89. The third kappa shape index (κ3) is 3.63. The fraction of sp³-hybridized carbons (Fsp3) is 0.0769. The first kappa shape index (κ1) is 31.1. The van der Waals surface area contributed by atoms with E-state index in [-0.39, 0.29) is 0 Å². The molecule has 0 N–H and O–H groups in total. The monoisotopic (exact) mass is 722 g/mol. The molecule has 0 bridgehead atoms. The average molecular weight is 723 g/mol. The molecule has 0 heterocycles. The summed E-state index contributed by atoms with van der Waals surface area (Å²) >= 11 is 0. The summed E-state index contributed by atoms with van der Waals surface area (Å²) in [7, 11) is -3.98. The molecular formula is C52H34O2S. The number of hydrogen-bond acceptors (Lipinski definition) is 2. The topological polar surface area (TPSA) is 34.1 Å². The van der Waals surface area contributed by atoms with Gasteiger partial charge in [-0.1, -0.05) is 157 Å². The lowest BCUT2D eigenvalue weighted by molar-refractivity contribution is 0.595. The van der Waals surface area contributed by atoms with Gasteiger partial charge in [0.05, 0.1) is 20.6 Å². The molecule has 0 fully saturated rings. The molecule has 0 saturated carbocycles. The van der Waals surface area contributed by atoms with Crippen molar-refractivity contribution in [1.29, 1.82) is 0 Å². The Kier molecular flexibility index (Phi) is 5.92. The van der Waals surface area contributed by atoms with E-state index in [4.69, 9.17) is 0 Å². The largest absolute Gasteiger partial charge is 0.219 e. The van der Waals surface area contributed by atoms with Crippen molar-refractivity contribution in [2.24, 2.45) is 0 Å². The van der Waals surface area contributed by atoms with Crippen LogP contribution in [0.2, 0.25) is 0 Å². The highest BCUT2D eigenvalue weighted by Crippen LogP contribution is 2.65. The predicted molar refractivity (Wildman–Crippen MR) is 220 cm³/mol. The summed E-state index contributed by atoms with van der Waals surface area (Å²) in [5.41, 5.74) is 19.6. The quantitative estimate of drug-likeness (QED) is 0.178. The van der Waals surface area contributed by atoms with E-state index in [9.17, 15) is 0 Å². The van der Waals surface area contributed by atoms with Gasteiger partial charge in [-0.25, -0.2) is 8.42 Å². The Morgan fingerprint density at radius 1 is 0.309 bits per heavy atom. The molecule has 3 heteroatoms. The highest BCUT2D eigenvalue weighted by molar-refractivity contribution is 7.91. The van der Waals surface area contributed by atoms with Crippen molar-refractivity contribution in [3.8, 4) is 44.5 Å². The van der Waals surface area contributed by atoms with Crippen molar-refractivity contribution < 1.29 is 8.42 Å². The molecule has 8 aromatic carbocycles. The van der Waals surface area contributed by atoms with Crippen molar-refractivity contribution in [1.82, 2.24) is 0 Å². The number of fused-ring (bicyclic) bond motifs is 20. The van der Waals surface area contributed by atoms with Crippen LogP contribution in [0.3, 0.4) is 0 Å². The maximum absolute atomic E-state index is 15.3. The molecule has 4 aliphatic rings. The molecule has 0 aromatic heterocycles. The van der Waals surface area contributed by atoms with Gasteiger partial charge in [0.2, 0.25) is 9.84 Å². The normalized spacial score (nSPS) is 15.2. The predicted octanol–water partition coefficient (Wildman–Crippen LogP) is 11.8. The molecule has 4 aliphatic carbocycles. The van der Waals surface area contributed by atoms with Crippen molar-refractivity contribution >= 4 is 9.84 Å². The van der Waals surface area contributed by atoms with Crippen molar-refractivity contribution in [3.63, 3.8) is 0 Å². The van der Waals surface area contributed by atoms with Gasteiger partial charge in [0.15, 0.2) is 0 Å². The smallest absolute Gasteiger partial charge is 0.206 e. The molecule has 260 valence electrons. The van der Waals surface area contributed by atoms with Gasteiger partial charge in [0.1, 0.15) is 0 Å². The van der Waals surface area contributed by atoms with E-state index in [1.54, 1.807) is 0 Å². The molecule has 0 aliphatic heterocycles. The Hall–Kier alpha value is -6.29. The first-order chi connectivity index (χ1) is 26.8. The molecule has 0 unspecified atom stereocenters. The van der Waals surface area contributed by atoms with Crippen molar-refractivity contribution in [2.45, 2.75) is 34.5 Å². The summed E-state index contributed by atoms with van der Waals surface area (Å²) in [5.74, 6) is 0. The molecule has 8 aromatic rings. The van der Waals surface area contributed by atoms with E-state index in [2.05, 4.69) is 147 Å². The van der Waals surface area contributed by atoms with Crippen LogP contribution in [0.4, 0.5) is 0 Å². The van der Waals surface area contributed by atoms with Gasteiger partial charge in [-0.2, -0.15) is 0 Å². The summed E-state index contributed by atoms with van der Waals surface area (Å²) in [6.07, 6.45) is 0. The highest BCUT2D eigenvalue weighted by atomic mass is 32.2. The number of hydrogen-bond donors (Lipinski definition) is 0. The number of rotatable bonds is 2. The summed E-state index contributed by atoms with van der Waals surface area (Å²) in [6, 6.07) is 59.7. The first-order valence-electron chi connectivity index (χ1n) is 19.0. The summed E-state index contributed by atoms with van der Waals surface area (Å²) in [6.45, 7) is 4.29. The number of benzene rings is 8. The third-order valence-electron chi connectivity index (χ3n) is 13.1. The highest BCUT2D eigenvalue weighted by Gasteiger charge is 2.53. The second-order valence-electron chi connectivity index (χ2n) is 15.7. The van der Waals surface area contributed by atoms with Crippen LogP contribution < -0.4 is 0 Å². The molecule has 0 atom stereocenters. The molecule has 2 spiro atoms. The van der Waals surface area contributed by atoms with Gasteiger partial charge in [0, 0.05) is 0 Å². The van der Waals surface area contributed by atoms with Gasteiger partial charge in [-0.05, 0) is 127 Å². The second-order valence-corrected chi connectivity index (χ2v) is 17.6. The van der Waals surface area contributed by atoms with E-state index < -0.39 is 20.7 Å². The zero-order valence-corrected chi connectivity index (χ0v) is 31.2. The van der Waals surface area contributed by atoms with Crippen molar-refractivity contribution in [3.05, 3.63) is 225 Å². The molecule has 0 amide bonds. The molecule has 12 rings (SSSR count). The molecule has 55 heavy (non-hydrogen) atoms. The van der Waals surface area contributed by atoms with E-state index in [1.165, 1.54) is 66.8 Å². The summed E-state index contributed by atoms with van der Waals surface area (Å²) in [5, 5.41) is 0. The Bertz CT molecular complexity index is 3030. The van der Waals surface area contributed by atoms with Gasteiger partial charge in [-0.3, -0.25) is 0 Å². The lowest BCUT2D eigenvalue weighted by Gasteiger charge is -2.31. The summed E-state index contributed by atoms with van der Waals surface area (Å²) in [4.78, 5) is 0.620. The minimum absolute atomic E-state index is 0.309. The molecular weight excluding hydrogens is 689 g/mol. The fourth-order valence-corrected chi connectivity index (χ4v) is 12.2. The zero-order valence-electron chi connectivity index (χ0n) is 30.4. The van der Waals surface area contributed by atoms with Crippen LogP contribution in [0.5, 0.6) is 0 Å². The van der Waals surface area contributed by atoms with Gasteiger partial charge >= 0.3 is 0 Å². The first-order valence-corrected chi connectivity index (χ1v) is 20.5. The maximum Gasteiger partial charge on any atom is 0.206 e. The molecule has 2 nitrogen and oxygen atoms in total. The van der Waals surface area contributed by atoms with Crippen LogP contribution in [0.15, 0.2) is 180 Å². The van der Waals surface area contributed by atoms with E-state index in [0.29, 0.717) is 9.79 Å². The van der Waals surface area contributed by atoms with Crippen LogP contribution in [-0.2, 0) is 20.7 Å². The zero-order chi connectivity index (χ0) is 36.8. The Labute approximate surface area is 321 Å². The van der Waals surface area contributed by atoms with Crippen LogP contribution >= 0.6 is 0 Å². The van der Waals surface area contributed by atoms with Crippen LogP contribution in [0.1, 0.15) is 55.6 Å². The van der Waals surface area contributed by atoms with Gasteiger partial charge < -0.3 is 0 Å². The fourth-order valence-electron chi connectivity index (χ4n) is 10.9. The van der Waals surface area contributed by atoms with Gasteiger partial charge in [0.25, 0.3) is 0 Å². The van der Waals surface area contributed by atoms with Gasteiger partial charge in [-0.15, -0.1) is 0 Å². The Morgan fingerprint density at radius 3 is 0.945 bits per heavy atom. The minimum Gasteiger partial charge on any atom is -0.219 e. The Balaban J connectivity index is 1.10. The van der Waals surface area contributed by atoms with Crippen LogP contribution in [0.25, 0.3) is 44.5 Å². The van der Waals surface area contributed by atoms with Crippen molar-refractivity contribution in [2.75, 3.05) is 0 Å². The lowest BCUT2D eigenvalue weighted by atomic mass is 9.70. The molecule has 0 radical (unpaired) electrons. The Morgan fingerprint density at radius 2 is 0.582 bits per heavy atom. The SMILES string of the molecule is Cc1ccc2c(c1)C1(c3ccccc3-c3ccc(S(=O)(=O)c4ccc5c(c4)C4(c6ccccc6-c6ccccc64)c4ccccc4-5)cc31)c1cc(C)ccc1-2. The number of sulfone groups is 1.